The summed E-state index contributed by atoms with van der Waals surface area (Å²) in [5.74, 6) is 0. The Labute approximate surface area is 123 Å². The van der Waals surface area contributed by atoms with Crippen molar-refractivity contribution in [1.29, 1.82) is 0 Å². The van der Waals surface area contributed by atoms with Crippen molar-refractivity contribution < 1.29 is 4.74 Å². The summed E-state index contributed by atoms with van der Waals surface area (Å²) in [4.78, 5) is 2.58. The molecule has 0 saturated carbocycles. The lowest BCUT2D eigenvalue weighted by Gasteiger charge is -2.44. The molecule has 3 heteroatoms. The Bertz CT molecular complexity index is 443. The van der Waals surface area contributed by atoms with E-state index in [2.05, 4.69) is 56.1 Å². The van der Waals surface area contributed by atoms with E-state index < -0.39 is 0 Å². The van der Waals surface area contributed by atoms with Crippen molar-refractivity contribution in [1.82, 2.24) is 10.2 Å². The lowest BCUT2D eigenvalue weighted by atomic mass is 9.91. The van der Waals surface area contributed by atoms with E-state index in [0.29, 0.717) is 12.1 Å². The number of nitrogens with one attached hydrogen (secondary N) is 1. The molecule has 1 heterocycles. The van der Waals surface area contributed by atoms with Gasteiger partial charge in [0.1, 0.15) is 0 Å². The van der Waals surface area contributed by atoms with Crippen LogP contribution in [0.2, 0.25) is 0 Å². The number of nitrogens with zero attached hydrogens (tertiary/aromatic N) is 1. The molecule has 0 bridgehead atoms. The van der Waals surface area contributed by atoms with Gasteiger partial charge in [-0.1, -0.05) is 18.2 Å². The van der Waals surface area contributed by atoms with E-state index in [1.54, 1.807) is 0 Å². The summed E-state index contributed by atoms with van der Waals surface area (Å²) in [6.07, 6.45) is 0.219. The predicted octanol–water partition coefficient (Wildman–Crippen LogP) is 2.67. The highest BCUT2D eigenvalue weighted by molar-refractivity contribution is 5.36. The number of rotatable bonds is 4. The molecular weight excluding hydrogens is 248 g/mol. The fourth-order valence-corrected chi connectivity index (χ4v) is 3.18. The first-order valence-electron chi connectivity index (χ1n) is 7.64. The molecule has 1 N–H and O–H groups in total. The van der Waals surface area contributed by atoms with Gasteiger partial charge in [0, 0.05) is 19.1 Å². The molecule has 1 aliphatic rings. The van der Waals surface area contributed by atoms with E-state index in [1.165, 1.54) is 16.7 Å². The van der Waals surface area contributed by atoms with E-state index in [1.807, 2.05) is 7.05 Å². The number of hydrogen-bond donors (Lipinski definition) is 1. The molecule has 1 saturated heterocycles. The zero-order valence-electron chi connectivity index (χ0n) is 13.4. The van der Waals surface area contributed by atoms with Crippen LogP contribution in [-0.4, -0.2) is 43.8 Å². The van der Waals surface area contributed by atoms with Crippen molar-refractivity contribution in [2.45, 2.75) is 45.9 Å². The van der Waals surface area contributed by atoms with Crippen LogP contribution in [0.1, 0.15) is 36.6 Å². The Morgan fingerprint density at radius 2 is 2.10 bits per heavy atom. The Morgan fingerprint density at radius 1 is 1.35 bits per heavy atom. The minimum absolute atomic E-state index is 0.219. The van der Waals surface area contributed by atoms with Crippen LogP contribution in [0.25, 0.3) is 0 Å². The Morgan fingerprint density at radius 3 is 2.75 bits per heavy atom. The third-order valence-electron chi connectivity index (χ3n) is 4.42. The summed E-state index contributed by atoms with van der Waals surface area (Å²) in [6.45, 7) is 11.7. The van der Waals surface area contributed by atoms with Crippen LogP contribution in [-0.2, 0) is 4.74 Å². The molecule has 2 rings (SSSR count). The number of likely N-dealkylation sites (N-methyl/N-ethyl adjacent to an activating group) is 1. The van der Waals surface area contributed by atoms with E-state index in [-0.39, 0.29) is 6.10 Å². The highest BCUT2D eigenvalue weighted by atomic mass is 16.5. The monoisotopic (exact) mass is 276 g/mol. The maximum atomic E-state index is 6.06. The minimum atomic E-state index is 0.219. The fraction of sp³-hybridized carbons (Fsp3) is 0.647. The third-order valence-corrected chi connectivity index (χ3v) is 4.42. The van der Waals surface area contributed by atoms with Gasteiger partial charge in [0.2, 0.25) is 0 Å². The summed E-state index contributed by atoms with van der Waals surface area (Å²) in [6, 6.07) is 7.50. The van der Waals surface area contributed by atoms with E-state index in [0.717, 1.165) is 19.7 Å². The highest BCUT2D eigenvalue weighted by Crippen LogP contribution is 2.33. The zero-order valence-corrected chi connectivity index (χ0v) is 13.4. The lowest BCUT2D eigenvalue weighted by Crippen LogP contribution is -2.51. The fourth-order valence-electron chi connectivity index (χ4n) is 3.18. The largest absolute Gasteiger partial charge is 0.374 e. The van der Waals surface area contributed by atoms with Crippen LogP contribution in [0.5, 0.6) is 0 Å². The molecule has 1 fully saturated rings. The maximum absolute atomic E-state index is 6.06. The number of morpholine rings is 1. The van der Waals surface area contributed by atoms with Crippen LogP contribution in [0.15, 0.2) is 18.2 Å². The van der Waals surface area contributed by atoms with Crippen molar-refractivity contribution in [3.63, 3.8) is 0 Å². The molecule has 1 aromatic rings. The Kier molecular flexibility index (Phi) is 5.19. The molecular formula is C17H28N2O. The molecule has 1 aromatic carbocycles. The van der Waals surface area contributed by atoms with Crippen LogP contribution >= 0.6 is 0 Å². The van der Waals surface area contributed by atoms with Crippen molar-refractivity contribution >= 4 is 0 Å². The van der Waals surface area contributed by atoms with E-state index in [4.69, 9.17) is 4.74 Å². The third kappa shape index (κ3) is 3.05. The van der Waals surface area contributed by atoms with Crippen LogP contribution in [0.4, 0.5) is 0 Å². The van der Waals surface area contributed by atoms with Gasteiger partial charge in [0.25, 0.3) is 0 Å². The van der Waals surface area contributed by atoms with Crippen LogP contribution < -0.4 is 5.32 Å². The van der Waals surface area contributed by atoms with Gasteiger partial charge in [-0.25, -0.2) is 0 Å². The molecule has 2 unspecified atom stereocenters. The van der Waals surface area contributed by atoms with E-state index in [9.17, 15) is 0 Å². The summed E-state index contributed by atoms with van der Waals surface area (Å²) < 4.78 is 6.06. The molecule has 2 atom stereocenters. The molecule has 0 amide bonds. The van der Waals surface area contributed by atoms with Crippen molar-refractivity contribution in [3.8, 4) is 0 Å². The van der Waals surface area contributed by atoms with Gasteiger partial charge in [0.05, 0.1) is 18.8 Å². The summed E-state index contributed by atoms with van der Waals surface area (Å²) >= 11 is 0. The molecule has 3 nitrogen and oxygen atoms in total. The van der Waals surface area contributed by atoms with Gasteiger partial charge in [-0.05, 0) is 51.4 Å². The molecule has 0 spiro atoms. The van der Waals surface area contributed by atoms with Gasteiger partial charge in [-0.3, -0.25) is 4.90 Å². The summed E-state index contributed by atoms with van der Waals surface area (Å²) in [5, 5.41) is 3.28. The van der Waals surface area contributed by atoms with Crippen molar-refractivity contribution in [3.05, 3.63) is 34.9 Å². The first-order valence-corrected chi connectivity index (χ1v) is 7.64. The Balaban J connectivity index is 2.40. The van der Waals surface area contributed by atoms with Gasteiger partial charge in [0.15, 0.2) is 0 Å². The lowest BCUT2D eigenvalue weighted by molar-refractivity contribution is -0.0817. The minimum Gasteiger partial charge on any atom is -0.374 e. The molecule has 0 aliphatic carbocycles. The normalized spacial score (nSPS) is 24.3. The van der Waals surface area contributed by atoms with Crippen molar-refractivity contribution in [2.24, 2.45) is 0 Å². The quantitative estimate of drug-likeness (QED) is 0.915. The molecule has 20 heavy (non-hydrogen) atoms. The molecule has 0 aromatic heterocycles. The highest BCUT2D eigenvalue weighted by Gasteiger charge is 2.35. The van der Waals surface area contributed by atoms with Crippen molar-refractivity contribution in [2.75, 3.05) is 26.7 Å². The predicted molar refractivity (Wildman–Crippen MR) is 84.2 cm³/mol. The number of ether oxygens (including phenoxy) is 1. The summed E-state index contributed by atoms with van der Waals surface area (Å²) in [5.41, 5.74) is 4.17. The first-order chi connectivity index (χ1) is 9.56. The second kappa shape index (κ2) is 6.70. The topological polar surface area (TPSA) is 24.5 Å². The SMILES string of the molecule is CNCC1OCCN(C(C)C)C1c1cccc(C)c1C. The van der Waals surface area contributed by atoms with E-state index >= 15 is 0 Å². The number of hydrogen-bond acceptors (Lipinski definition) is 3. The maximum Gasteiger partial charge on any atom is 0.0896 e. The standard InChI is InChI=1S/C17H28N2O/c1-12(2)19-9-10-20-16(11-18-5)17(19)15-8-6-7-13(3)14(15)4/h6-8,12,16-18H,9-11H2,1-5H3. The smallest absolute Gasteiger partial charge is 0.0896 e. The molecule has 1 aliphatic heterocycles. The Hall–Kier alpha value is -0.900. The molecule has 0 radical (unpaired) electrons. The van der Waals surface area contributed by atoms with Gasteiger partial charge in [-0.2, -0.15) is 0 Å². The number of benzene rings is 1. The average Bonchev–Trinajstić information content (AvgIpc) is 2.42. The average molecular weight is 276 g/mol. The second-order valence-electron chi connectivity index (χ2n) is 6.03. The van der Waals surface area contributed by atoms with Gasteiger partial charge < -0.3 is 10.1 Å². The van der Waals surface area contributed by atoms with Crippen LogP contribution in [0.3, 0.4) is 0 Å². The zero-order chi connectivity index (χ0) is 14.7. The summed E-state index contributed by atoms with van der Waals surface area (Å²) in [7, 11) is 2.00. The molecule has 112 valence electrons. The van der Waals surface area contributed by atoms with Gasteiger partial charge >= 0.3 is 0 Å². The first kappa shape index (κ1) is 15.5. The van der Waals surface area contributed by atoms with Crippen LogP contribution in [0, 0.1) is 13.8 Å². The van der Waals surface area contributed by atoms with Gasteiger partial charge in [-0.15, -0.1) is 0 Å². The number of aryl methyl sites for hydroxylation is 1. The second-order valence-corrected chi connectivity index (χ2v) is 6.03.